The second kappa shape index (κ2) is 4.59. The Kier molecular flexibility index (Phi) is 4.49. The quantitative estimate of drug-likeness (QED) is 0.686. The predicted octanol–water partition coefficient (Wildman–Crippen LogP) is 2.35. The molecule has 0 aromatic carbocycles. The van der Waals surface area contributed by atoms with E-state index in [9.17, 15) is 13.2 Å². The van der Waals surface area contributed by atoms with Gasteiger partial charge in [0.05, 0.1) is 0 Å². The summed E-state index contributed by atoms with van der Waals surface area (Å²) in [6.07, 6.45) is -4.22. The summed E-state index contributed by atoms with van der Waals surface area (Å²) in [5.41, 5.74) is 0. The average Bonchev–Trinajstić information content (AvgIpc) is 1.88. The number of hydrogen-bond acceptors (Lipinski definition) is 1. The van der Waals surface area contributed by atoms with Gasteiger partial charge in [0.25, 0.3) is 0 Å². The highest BCUT2D eigenvalue weighted by Gasteiger charge is 2.27. The minimum Gasteiger partial charge on any atom is -0.396 e. The molecule has 0 aromatic rings. The molecule has 0 rings (SSSR count). The first kappa shape index (κ1) is 10.8. The minimum atomic E-state index is -4.08. The molecule has 0 spiro atoms. The molecule has 1 unspecified atom stereocenters. The first-order valence-corrected chi connectivity index (χ1v) is 3.67. The van der Waals surface area contributed by atoms with E-state index in [2.05, 4.69) is 0 Å². The lowest BCUT2D eigenvalue weighted by Gasteiger charge is -2.12. The van der Waals surface area contributed by atoms with Crippen LogP contribution in [0.2, 0.25) is 0 Å². The third-order valence-electron chi connectivity index (χ3n) is 1.67. The Hall–Kier alpha value is -0.250. The summed E-state index contributed by atoms with van der Waals surface area (Å²) in [6.45, 7) is 1.63. The fourth-order valence-electron chi connectivity index (χ4n) is 0.792. The van der Waals surface area contributed by atoms with Crippen LogP contribution in [-0.4, -0.2) is 17.9 Å². The monoisotopic (exact) mass is 170 g/mol. The molecule has 0 saturated carbocycles. The highest BCUT2D eigenvalue weighted by molar-refractivity contribution is 4.59. The number of alkyl halides is 3. The molecule has 0 radical (unpaired) electrons. The van der Waals surface area contributed by atoms with E-state index >= 15 is 0 Å². The molecule has 0 fully saturated rings. The van der Waals surface area contributed by atoms with Crippen LogP contribution in [-0.2, 0) is 0 Å². The first-order valence-electron chi connectivity index (χ1n) is 3.67. The van der Waals surface area contributed by atoms with E-state index in [1.54, 1.807) is 6.92 Å². The van der Waals surface area contributed by atoms with Gasteiger partial charge in [-0.2, -0.15) is 13.2 Å². The third kappa shape index (κ3) is 6.16. The zero-order valence-corrected chi connectivity index (χ0v) is 6.49. The van der Waals surface area contributed by atoms with E-state index in [0.29, 0.717) is 6.42 Å². The van der Waals surface area contributed by atoms with Gasteiger partial charge in [0, 0.05) is 13.0 Å². The van der Waals surface area contributed by atoms with Crippen molar-refractivity contribution in [1.29, 1.82) is 0 Å². The standard InChI is InChI=1S/C7H13F3O/c1-2-6(5-11)3-4-7(8,9)10/h6,11H,2-5H2,1H3. The molecule has 0 aliphatic heterocycles. The second-order valence-corrected chi connectivity index (χ2v) is 2.61. The van der Waals surface area contributed by atoms with Crippen LogP contribution in [0.1, 0.15) is 26.2 Å². The van der Waals surface area contributed by atoms with Crippen molar-refractivity contribution in [1.82, 2.24) is 0 Å². The lowest BCUT2D eigenvalue weighted by atomic mass is 10.0. The van der Waals surface area contributed by atoms with Crippen molar-refractivity contribution in [3.63, 3.8) is 0 Å². The van der Waals surface area contributed by atoms with E-state index in [4.69, 9.17) is 5.11 Å². The van der Waals surface area contributed by atoms with Crippen LogP contribution in [0.15, 0.2) is 0 Å². The van der Waals surface area contributed by atoms with Crippen molar-refractivity contribution < 1.29 is 18.3 Å². The van der Waals surface area contributed by atoms with Gasteiger partial charge in [0.15, 0.2) is 0 Å². The molecule has 1 nitrogen and oxygen atoms in total. The average molecular weight is 170 g/mol. The van der Waals surface area contributed by atoms with E-state index in [0.717, 1.165) is 0 Å². The van der Waals surface area contributed by atoms with Crippen molar-refractivity contribution in [2.24, 2.45) is 5.92 Å². The summed E-state index contributed by atoms with van der Waals surface area (Å²) in [4.78, 5) is 0. The summed E-state index contributed by atoms with van der Waals surface area (Å²) in [6, 6.07) is 0. The number of halogens is 3. The molecule has 0 saturated heterocycles. The summed E-state index contributed by atoms with van der Waals surface area (Å²) in [5, 5.41) is 8.56. The maximum absolute atomic E-state index is 11.6. The van der Waals surface area contributed by atoms with Crippen molar-refractivity contribution in [3.05, 3.63) is 0 Å². The molecule has 0 aliphatic rings. The van der Waals surface area contributed by atoms with Gasteiger partial charge in [-0.05, 0) is 12.3 Å². The van der Waals surface area contributed by atoms with E-state index < -0.39 is 12.6 Å². The van der Waals surface area contributed by atoms with Crippen molar-refractivity contribution in [2.75, 3.05) is 6.61 Å². The molecule has 68 valence electrons. The van der Waals surface area contributed by atoms with Crippen LogP contribution in [0.3, 0.4) is 0 Å². The van der Waals surface area contributed by atoms with Crippen LogP contribution in [0.4, 0.5) is 13.2 Å². The molecule has 1 N–H and O–H groups in total. The Bertz CT molecular complexity index is 96.3. The molecule has 0 aromatic heterocycles. The minimum absolute atomic E-state index is 0.0382. The Morgan fingerprint density at radius 3 is 2.18 bits per heavy atom. The lowest BCUT2D eigenvalue weighted by molar-refractivity contribution is -0.138. The van der Waals surface area contributed by atoms with Crippen LogP contribution in [0.5, 0.6) is 0 Å². The largest absolute Gasteiger partial charge is 0.396 e. The van der Waals surface area contributed by atoms with Gasteiger partial charge in [0.1, 0.15) is 0 Å². The molecule has 0 aliphatic carbocycles. The number of aliphatic hydroxyl groups excluding tert-OH is 1. The van der Waals surface area contributed by atoms with Gasteiger partial charge < -0.3 is 5.11 Å². The zero-order chi connectivity index (χ0) is 8.91. The molecule has 0 amide bonds. The van der Waals surface area contributed by atoms with Crippen molar-refractivity contribution >= 4 is 0 Å². The molecule has 0 bridgehead atoms. The highest BCUT2D eigenvalue weighted by Crippen LogP contribution is 2.24. The molecule has 0 heterocycles. The third-order valence-corrected chi connectivity index (χ3v) is 1.67. The van der Waals surface area contributed by atoms with Gasteiger partial charge in [-0.15, -0.1) is 0 Å². The highest BCUT2D eigenvalue weighted by atomic mass is 19.4. The number of hydrogen-bond donors (Lipinski definition) is 1. The fourth-order valence-corrected chi connectivity index (χ4v) is 0.792. The topological polar surface area (TPSA) is 20.2 Å². The Balaban J connectivity index is 3.51. The summed E-state index contributed by atoms with van der Waals surface area (Å²) in [7, 11) is 0. The normalized spacial score (nSPS) is 15.0. The zero-order valence-electron chi connectivity index (χ0n) is 6.49. The van der Waals surface area contributed by atoms with E-state index in [1.165, 1.54) is 0 Å². The summed E-state index contributed by atoms with van der Waals surface area (Å²) < 4.78 is 34.8. The van der Waals surface area contributed by atoms with Gasteiger partial charge in [-0.1, -0.05) is 13.3 Å². The second-order valence-electron chi connectivity index (χ2n) is 2.61. The molecule has 4 heteroatoms. The molecule has 11 heavy (non-hydrogen) atoms. The van der Waals surface area contributed by atoms with Gasteiger partial charge >= 0.3 is 6.18 Å². The predicted molar refractivity (Wildman–Crippen MR) is 36.2 cm³/mol. The molecule has 1 atom stereocenters. The van der Waals surface area contributed by atoms with Crippen LogP contribution in [0, 0.1) is 5.92 Å². The summed E-state index contributed by atoms with van der Waals surface area (Å²) >= 11 is 0. The van der Waals surface area contributed by atoms with Crippen LogP contribution < -0.4 is 0 Å². The van der Waals surface area contributed by atoms with Crippen LogP contribution in [0.25, 0.3) is 0 Å². The summed E-state index contributed by atoms with van der Waals surface area (Å²) in [5.74, 6) is -0.198. The molecular weight excluding hydrogens is 157 g/mol. The SMILES string of the molecule is CCC(CO)CCC(F)(F)F. The first-order chi connectivity index (χ1) is 4.99. The smallest absolute Gasteiger partial charge is 0.389 e. The maximum atomic E-state index is 11.6. The van der Waals surface area contributed by atoms with E-state index in [-0.39, 0.29) is 18.9 Å². The van der Waals surface area contributed by atoms with Crippen molar-refractivity contribution in [3.8, 4) is 0 Å². The van der Waals surface area contributed by atoms with E-state index in [1.807, 2.05) is 0 Å². The maximum Gasteiger partial charge on any atom is 0.389 e. The fraction of sp³-hybridized carbons (Fsp3) is 1.00. The van der Waals surface area contributed by atoms with Gasteiger partial charge in [-0.25, -0.2) is 0 Å². The van der Waals surface area contributed by atoms with Gasteiger partial charge in [0.2, 0.25) is 0 Å². The number of rotatable bonds is 4. The van der Waals surface area contributed by atoms with Gasteiger partial charge in [-0.3, -0.25) is 0 Å². The Labute approximate surface area is 64.2 Å². The number of aliphatic hydroxyl groups is 1. The molecular formula is C7H13F3O. The lowest BCUT2D eigenvalue weighted by Crippen LogP contribution is -2.12. The Morgan fingerprint density at radius 2 is 1.91 bits per heavy atom. The Morgan fingerprint density at radius 1 is 1.36 bits per heavy atom. The van der Waals surface area contributed by atoms with Crippen molar-refractivity contribution in [2.45, 2.75) is 32.4 Å². The van der Waals surface area contributed by atoms with Crippen LogP contribution >= 0.6 is 0 Å².